The number of nitrogens with zero attached hydrogens (tertiary/aromatic N) is 1. The van der Waals surface area contributed by atoms with E-state index < -0.39 is 21.7 Å². The number of hydrogen-bond donors (Lipinski definition) is 0. The number of amides is 1. The molecule has 6 atom stereocenters. The third-order valence-electron chi connectivity index (χ3n) is 13.0. The molecule has 3 saturated carbocycles. The van der Waals surface area contributed by atoms with Crippen molar-refractivity contribution in [1.82, 2.24) is 4.31 Å². The number of aryl methyl sites for hydroxylation is 1. The first kappa shape index (κ1) is 30.0. The first-order chi connectivity index (χ1) is 20.9. The van der Waals surface area contributed by atoms with Crippen molar-refractivity contribution in [2.75, 3.05) is 0 Å². The number of rotatable bonds is 4. The number of fused-ring (bicyclic) bond motifs is 5. The summed E-state index contributed by atoms with van der Waals surface area (Å²) in [5.74, 6) is 2.38. The molecule has 1 amide bonds. The van der Waals surface area contributed by atoms with Gasteiger partial charge >= 0.3 is 6.09 Å². The molecule has 6 aliphatic rings. The maximum absolute atomic E-state index is 14.0. The lowest BCUT2D eigenvalue weighted by Gasteiger charge is -2.57. The van der Waals surface area contributed by atoms with Crippen LogP contribution in [0.3, 0.4) is 0 Å². The van der Waals surface area contributed by atoms with Crippen molar-refractivity contribution in [1.29, 1.82) is 0 Å². The highest BCUT2D eigenvalue weighted by Gasteiger charge is 2.59. The summed E-state index contributed by atoms with van der Waals surface area (Å²) in [7, 11) is -4.13. The molecule has 1 spiro atoms. The third kappa shape index (κ3) is 4.42. The van der Waals surface area contributed by atoms with Crippen LogP contribution >= 0.6 is 0 Å². The molecule has 4 fully saturated rings. The van der Waals surface area contributed by atoms with E-state index in [0.29, 0.717) is 42.1 Å². The van der Waals surface area contributed by atoms with Crippen LogP contribution in [0.1, 0.15) is 103 Å². The van der Waals surface area contributed by atoms with Crippen LogP contribution in [0.4, 0.5) is 4.79 Å². The SMILES string of the molecule is CC(=O)[C@H]1CC[C@H]2[C@@H]3CC=C4C=C(C=C5N(S(=O)(=O)c6ccc(C)cc6)C(=O)OC56CCCCC6)CC[C@]4(C)[C@H]3CC[C@]12C. The van der Waals surface area contributed by atoms with Crippen molar-refractivity contribution in [2.24, 2.45) is 34.5 Å². The van der Waals surface area contributed by atoms with Crippen LogP contribution < -0.4 is 0 Å². The first-order valence-electron chi connectivity index (χ1n) is 16.9. The fourth-order valence-electron chi connectivity index (χ4n) is 10.6. The molecule has 0 bridgehead atoms. The zero-order valence-electron chi connectivity index (χ0n) is 26.7. The van der Waals surface area contributed by atoms with Crippen LogP contribution in [0, 0.1) is 41.4 Å². The number of carbonyl (C=O) groups excluding carboxylic acids is 2. The second-order valence-electron chi connectivity index (χ2n) is 15.2. The molecule has 44 heavy (non-hydrogen) atoms. The third-order valence-corrected chi connectivity index (χ3v) is 14.7. The topological polar surface area (TPSA) is 80.8 Å². The standard InChI is InChI=1S/C37H47NO5S/c1-24-8-11-28(12-9-24)44(41,42)38-33(37(43-34(38)40)18-6-5-7-19-37)23-26-16-20-35(3)27(22-26)10-13-29-31-15-14-30(25(2)39)36(31,4)21-17-32(29)35/h8-12,22-23,29-32H,5-7,13-21H2,1-4H3/t29-,30+,31-,32-,35-,36+/m0/s1. The summed E-state index contributed by atoms with van der Waals surface area (Å²) in [4.78, 5) is 26.1. The van der Waals surface area contributed by atoms with Gasteiger partial charge in [0.2, 0.25) is 0 Å². The Balaban J connectivity index is 1.25. The van der Waals surface area contributed by atoms with Crippen molar-refractivity contribution in [3.63, 3.8) is 0 Å². The van der Waals surface area contributed by atoms with Gasteiger partial charge in [-0.2, -0.15) is 4.31 Å². The Labute approximate surface area is 263 Å². The number of ketones is 1. The van der Waals surface area contributed by atoms with Gasteiger partial charge < -0.3 is 4.74 Å². The number of sulfonamides is 1. The van der Waals surface area contributed by atoms with Crippen molar-refractivity contribution in [2.45, 2.75) is 115 Å². The predicted molar refractivity (Wildman–Crippen MR) is 170 cm³/mol. The molecule has 236 valence electrons. The van der Waals surface area contributed by atoms with Crippen LogP contribution in [-0.4, -0.2) is 30.2 Å². The zero-order valence-corrected chi connectivity index (χ0v) is 27.5. The Hall–Kier alpha value is -2.67. The Morgan fingerprint density at radius 1 is 0.977 bits per heavy atom. The summed E-state index contributed by atoms with van der Waals surface area (Å²) < 4.78 is 35.0. The van der Waals surface area contributed by atoms with Crippen LogP contribution in [0.5, 0.6) is 0 Å². The normalized spacial score (nSPS) is 37.1. The van der Waals surface area contributed by atoms with Gasteiger partial charge in [0.15, 0.2) is 5.60 Å². The molecule has 1 heterocycles. The fraction of sp³-hybridized carbons (Fsp3) is 0.622. The van der Waals surface area contributed by atoms with Gasteiger partial charge in [0, 0.05) is 5.92 Å². The quantitative estimate of drug-likeness (QED) is 0.339. The van der Waals surface area contributed by atoms with E-state index in [4.69, 9.17) is 4.74 Å². The monoisotopic (exact) mass is 617 g/mol. The van der Waals surface area contributed by atoms with E-state index in [0.717, 1.165) is 79.6 Å². The summed E-state index contributed by atoms with van der Waals surface area (Å²) in [6.45, 7) is 8.54. The number of carbonyl (C=O) groups is 2. The molecular weight excluding hydrogens is 570 g/mol. The van der Waals surface area contributed by atoms with Gasteiger partial charge in [-0.3, -0.25) is 4.79 Å². The Morgan fingerprint density at radius 3 is 2.41 bits per heavy atom. The Morgan fingerprint density at radius 2 is 1.70 bits per heavy atom. The largest absolute Gasteiger partial charge is 0.435 e. The molecule has 0 aromatic heterocycles. The van der Waals surface area contributed by atoms with Gasteiger partial charge in [-0.15, -0.1) is 0 Å². The second-order valence-corrected chi connectivity index (χ2v) is 17.0. The molecule has 5 aliphatic carbocycles. The van der Waals surface area contributed by atoms with Gasteiger partial charge in [-0.1, -0.05) is 50.1 Å². The molecule has 1 aliphatic heterocycles. The molecule has 7 heteroatoms. The zero-order chi connectivity index (χ0) is 31.1. The van der Waals surface area contributed by atoms with Gasteiger partial charge in [0.05, 0.1) is 10.6 Å². The number of ether oxygens (including phenoxy) is 1. The smallest absolute Gasteiger partial charge is 0.429 e. The maximum atomic E-state index is 14.0. The van der Waals surface area contributed by atoms with E-state index in [-0.39, 0.29) is 21.6 Å². The lowest BCUT2D eigenvalue weighted by Crippen LogP contribution is -2.49. The highest BCUT2D eigenvalue weighted by atomic mass is 32.2. The van der Waals surface area contributed by atoms with Gasteiger partial charge in [0.1, 0.15) is 5.78 Å². The van der Waals surface area contributed by atoms with E-state index in [2.05, 4.69) is 26.0 Å². The molecule has 0 N–H and O–H groups in total. The van der Waals surface area contributed by atoms with Gasteiger partial charge in [-0.05, 0) is 142 Å². The number of allylic oxidation sites excluding steroid dienone is 5. The molecule has 7 rings (SSSR count). The predicted octanol–water partition coefficient (Wildman–Crippen LogP) is 8.43. The highest BCUT2D eigenvalue weighted by Crippen LogP contribution is 2.66. The first-order valence-corrected chi connectivity index (χ1v) is 18.3. The summed E-state index contributed by atoms with van der Waals surface area (Å²) in [6.07, 6.45) is 17.4. The van der Waals surface area contributed by atoms with Crippen molar-refractivity contribution < 1.29 is 22.7 Å². The van der Waals surface area contributed by atoms with Gasteiger partial charge in [0.25, 0.3) is 10.0 Å². The summed E-state index contributed by atoms with van der Waals surface area (Å²) in [5, 5.41) is 0. The lowest BCUT2D eigenvalue weighted by atomic mass is 9.47. The summed E-state index contributed by atoms with van der Waals surface area (Å²) >= 11 is 0. The molecular formula is C37H47NO5S. The molecule has 1 saturated heterocycles. The van der Waals surface area contributed by atoms with Crippen molar-refractivity contribution in [3.05, 3.63) is 64.9 Å². The van der Waals surface area contributed by atoms with Gasteiger partial charge in [-0.25, -0.2) is 13.2 Å². The minimum Gasteiger partial charge on any atom is -0.435 e. The van der Waals surface area contributed by atoms with Crippen LogP contribution in [-0.2, 0) is 19.6 Å². The summed E-state index contributed by atoms with van der Waals surface area (Å²) in [5.41, 5.74) is 3.18. The number of benzene rings is 1. The van der Waals surface area contributed by atoms with E-state index in [9.17, 15) is 18.0 Å². The maximum Gasteiger partial charge on any atom is 0.429 e. The van der Waals surface area contributed by atoms with E-state index in [1.54, 1.807) is 31.2 Å². The highest BCUT2D eigenvalue weighted by molar-refractivity contribution is 7.89. The molecule has 1 aromatic rings. The minimum atomic E-state index is -4.13. The van der Waals surface area contributed by atoms with E-state index in [1.807, 2.05) is 13.0 Å². The van der Waals surface area contributed by atoms with E-state index in [1.165, 1.54) is 5.57 Å². The second kappa shape index (κ2) is 10.4. The minimum absolute atomic E-state index is 0.0682. The molecule has 6 nitrogen and oxygen atoms in total. The van der Waals surface area contributed by atoms with Crippen LogP contribution in [0.25, 0.3) is 0 Å². The lowest BCUT2D eigenvalue weighted by molar-refractivity contribution is -0.127. The average molecular weight is 618 g/mol. The molecule has 0 radical (unpaired) electrons. The van der Waals surface area contributed by atoms with E-state index >= 15 is 0 Å². The average Bonchev–Trinajstić information content (AvgIpc) is 3.47. The number of hydrogen-bond acceptors (Lipinski definition) is 5. The fourth-order valence-corrected chi connectivity index (χ4v) is 12.0. The van der Waals surface area contributed by atoms with Crippen molar-refractivity contribution >= 4 is 21.9 Å². The van der Waals surface area contributed by atoms with Crippen LogP contribution in [0.2, 0.25) is 0 Å². The number of Topliss-reactive ketones (excluding diaryl/α,β-unsaturated/α-hetero) is 1. The Bertz CT molecular complexity index is 1580. The molecule has 0 unspecified atom stereocenters. The van der Waals surface area contributed by atoms with Crippen molar-refractivity contribution in [3.8, 4) is 0 Å². The summed E-state index contributed by atoms with van der Waals surface area (Å²) in [6, 6.07) is 6.68. The molecule has 1 aromatic carbocycles. The Kier molecular flexibility index (Phi) is 7.12. The van der Waals surface area contributed by atoms with Crippen LogP contribution in [0.15, 0.2) is 64.2 Å².